The van der Waals surface area contributed by atoms with E-state index in [1.165, 1.54) is 5.56 Å². The van der Waals surface area contributed by atoms with Gasteiger partial charge in [0.15, 0.2) is 0 Å². The van der Waals surface area contributed by atoms with Crippen LogP contribution >= 0.6 is 11.6 Å². The van der Waals surface area contributed by atoms with Crippen LogP contribution in [0.4, 0.5) is 0 Å². The normalized spacial score (nSPS) is 18.4. The molecule has 0 aromatic heterocycles. The van der Waals surface area contributed by atoms with Crippen molar-refractivity contribution in [2.75, 3.05) is 13.1 Å². The number of nitrogens with zero attached hydrogens (tertiary/aromatic N) is 1. The fraction of sp³-hybridized carbons (Fsp3) is 0.588. The lowest BCUT2D eigenvalue weighted by Crippen LogP contribution is -2.40. The van der Waals surface area contributed by atoms with E-state index in [0.717, 1.165) is 31.5 Å². The van der Waals surface area contributed by atoms with E-state index in [0.29, 0.717) is 11.8 Å². The van der Waals surface area contributed by atoms with E-state index >= 15 is 0 Å². The molecule has 20 heavy (non-hydrogen) atoms. The number of hydrogen-bond donors (Lipinski definition) is 0. The molecule has 0 bridgehead atoms. The molecule has 1 atom stereocenters. The average molecular weight is 294 g/mol. The third-order valence-electron chi connectivity index (χ3n) is 4.30. The maximum atomic E-state index is 12.5. The second kappa shape index (κ2) is 6.62. The number of alkyl halides is 1. The van der Waals surface area contributed by atoms with E-state index in [4.69, 9.17) is 11.6 Å². The van der Waals surface area contributed by atoms with Crippen LogP contribution in [-0.2, 0) is 0 Å². The van der Waals surface area contributed by atoms with Crippen LogP contribution in [0.3, 0.4) is 0 Å². The summed E-state index contributed by atoms with van der Waals surface area (Å²) in [7, 11) is 0. The summed E-state index contributed by atoms with van der Waals surface area (Å²) >= 11 is 6.14. The molecule has 2 rings (SSSR count). The van der Waals surface area contributed by atoms with Gasteiger partial charge in [-0.2, -0.15) is 0 Å². The lowest BCUT2D eigenvalue weighted by molar-refractivity contribution is 0.0690. The van der Waals surface area contributed by atoms with Crippen LogP contribution in [0, 0.1) is 5.92 Å². The molecule has 1 saturated heterocycles. The van der Waals surface area contributed by atoms with Gasteiger partial charge < -0.3 is 4.90 Å². The van der Waals surface area contributed by atoms with Crippen molar-refractivity contribution in [3.8, 4) is 0 Å². The van der Waals surface area contributed by atoms with Crippen molar-refractivity contribution in [1.29, 1.82) is 0 Å². The van der Waals surface area contributed by atoms with E-state index in [1.807, 2.05) is 24.0 Å². The minimum Gasteiger partial charge on any atom is -0.339 e. The standard InChI is InChI=1S/C17H24ClNO/c1-12(2)14-4-6-16(7-5-14)17(20)19-10-8-15(9-11-19)13(3)18/h4-7,12-13,15H,8-11H2,1-3H3. The quantitative estimate of drug-likeness (QED) is 0.761. The molecule has 1 heterocycles. The molecule has 1 aromatic rings. The molecular weight excluding hydrogens is 270 g/mol. The Balaban J connectivity index is 1.98. The van der Waals surface area contributed by atoms with E-state index in [1.54, 1.807) is 0 Å². The van der Waals surface area contributed by atoms with Gasteiger partial charge >= 0.3 is 0 Å². The maximum absolute atomic E-state index is 12.5. The summed E-state index contributed by atoms with van der Waals surface area (Å²) < 4.78 is 0. The summed E-state index contributed by atoms with van der Waals surface area (Å²) in [6, 6.07) is 8.03. The van der Waals surface area contributed by atoms with Gasteiger partial charge in [0.1, 0.15) is 0 Å². The fourth-order valence-corrected chi connectivity index (χ4v) is 3.01. The highest BCUT2D eigenvalue weighted by Crippen LogP contribution is 2.25. The SMILES string of the molecule is CC(C)c1ccc(C(=O)N2CCC(C(C)Cl)CC2)cc1. The topological polar surface area (TPSA) is 20.3 Å². The molecule has 1 aromatic carbocycles. The van der Waals surface area contributed by atoms with E-state index in [9.17, 15) is 4.79 Å². The van der Waals surface area contributed by atoms with Crippen molar-refractivity contribution in [1.82, 2.24) is 4.90 Å². The van der Waals surface area contributed by atoms with Crippen LogP contribution in [-0.4, -0.2) is 29.3 Å². The number of amides is 1. The minimum absolute atomic E-state index is 0.154. The van der Waals surface area contributed by atoms with Crippen LogP contribution in [0.1, 0.15) is 55.5 Å². The minimum atomic E-state index is 0.154. The average Bonchev–Trinajstić information content (AvgIpc) is 2.46. The molecule has 0 spiro atoms. The summed E-state index contributed by atoms with van der Waals surface area (Å²) in [6.07, 6.45) is 2.03. The summed E-state index contributed by atoms with van der Waals surface area (Å²) in [4.78, 5) is 14.4. The number of hydrogen-bond acceptors (Lipinski definition) is 1. The highest BCUT2D eigenvalue weighted by Gasteiger charge is 2.25. The molecule has 1 fully saturated rings. The Morgan fingerprint density at radius 2 is 1.70 bits per heavy atom. The molecule has 1 aliphatic heterocycles. The van der Waals surface area contributed by atoms with Gasteiger partial charge in [-0.25, -0.2) is 0 Å². The number of benzene rings is 1. The monoisotopic (exact) mass is 293 g/mol. The maximum Gasteiger partial charge on any atom is 0.253 e. The van der Waals surface area contributed by atoms with Crippen molar-refractivity contribution < 1.29 is 4.79 Å². The highest BCUT2D eigenvalue weighted by molar-refractivity contribution is 6.20. The molecular formula is C17H24ClNO. The highest BCUT2D eigenvalue weighted by atomic mass is 35.5. The Morgan fingerprint density at radius 1 is 1.15 bits per heavy atom. The van der Waals surface area contributed by atoms with Crippen molar-refractivity contribution in [3.05, 3.63) is 35.4 Å². The number of halogens is 1. The third kappa shape index (κ3) is 3.54. The van der Waals surface area contributed by atoms with Gasteiger partial charge in [0.2, 0.25) is 0 Å². The Morgan fingerprint density at radius 3 is 2.15 bits per heavy atom. The first-order valence-corrected chi connectivity index (χ1v) is 7.96. The summed E-state index contributed by atoms with van der Waals surface area (Å²) in [6.45, 7) is 8.02. The molecule has 110 valence electrons. The van der Waals surface area contributed by atoms with Crippen molar-refractivity contribution in [2.24, 2.45) is 5.92 Å². The zero-order chi connectivity index (χ0) is 14.7. The largest absolute Gasteiger partial charge is 0.339 e. The number of piperidine rings is 1. The van der Waals surface area contributed by atoms with Crippen LogP contribution in [0.25, 0.3) is 0 Å². The second-order valence-corrected chi connectivity index (χ2v) is 6.77. The Labute approximate surface area is 127 Å². The van der Waals surface area contributed by atoms with Crippen LogP contribution in [0.2, 0.25) is 0 Å². The van der Waals surface area contributed by atoms with Gasteiger partial charge in [0, 0.05) is 24.0 Å². The molecule has 1 aliphatic rings. The molecule has 0 aliphatic carbocycles. The predicted octanol–water partition coefficient (Wildman–Crippen LogP) is 4.29. The number of carbonyl (C=O) groups is 1. The van der Waals surface area contributed by atoms with Gasteiger partial charge in [0.25, 0.3) is 5.91 Å². The zero-order valence-electron chi connectivity index (χ0n) is 12.6. The molecule has 1 unspecified atom stereocenters. The third-order valence-corrected chi connectivity index (χ3v) is 4.66. The number of carbonyl (C=O) groups excluding carboxylic acids is 1. The predicted molar refractivity (Wildman–Crippen MR) is 84.5 cm³/mol. The van der Waals surface area contributed by atoms with E-state index in [2.05, 4.69) is 26.0 Å². The molecule has 0 saturated carbocycles. The van der Waals surface area contributed by atoms with E-state index < -0.39 is 0 Å². The molecule has 1 amide bonds. The van der Waals surface area contributed by atoms with Gasteiger partial charge in [-0.05, 0) is 49.3 Å². The van der Waals surface area contributed by atoms with Crippen LogP contribution in [0.5, 0.6) is 0 Å². The lowest BCUT2D eigenvalue weighted by Gasteiger charge is -2.33. The first-order valence-electron chi connectivity index (χ1n) is 7.52. The van der Waals surface area contributed by atoms with E-state index in [-0.39, 0.29) is 11.3 Å². The summed E-state index contributed by atoms with van der Waals surface area (Å²) in [5, 5.41) is 0.206. The fourth-order valence-electron chi connectivity index (χ4n) is 2.76. The molecule has 0 radical (unpaired) electrons. The first kappa shape index (κ1) is 15.4. The Bertz CT molecular complexity index is 445. The van der Waals surface area contributed by atoms with Crippen LogP contribution in [0.15, 0.2) is 24.3 Å². The second-order valence-electron chi connectivity index (χ2n) is 6.08. The van der Waals surface area contributed by atoms with Gasteiger partial charge in [0.05, 0.1) is 0 Å². The lowest BCUT2D eigenvalue weighted by atomic mass is 9.93. The zero-order valence-corrected chi connectivity index (χ0v) is 13.4. The summed E-state index contributed by atoms with van der Waals surface area (Å²) in [5.41, 5.74) is 2.07. The molecule has 0 N–H and O–H groups in total. The molecule has 3 heteroatoms. The Hall–Kier alpha value is -1.02. The van der Waals surface area contributed by atoms with Gasteiger partial charge in [-0.1, -0.05) is 26.0 Å². The smallest absolute Gasteiger partial charge is 0.253 e. The van der Waals surface area contributed by atoms with Crippen LogP contribution < -0.4 is 0 Å². The summed E-state index contributed by atoms with van der Waals surface area (Å²) in [5.74, 6) is 1.20. The number of rotatable bonds is 3. The van der Waals surface area contributed by atoms with Crippen molar-refractivity contribution in [2.45, 2.75) is 44.9 Å². The van der Waals surface area contributed by atoms with Gasteiger partial charge in [-0.3, -0.25) is 4.79 Å². The Kier molecular flexibility index (Phi) is 5.09. The van der Waals surface area contributed by atoms with Crippen molar-refractivity contribution >= 4 is 17.5 Å². The molecule has 2 nitrogen and oxygen atoms in total. The van der Waals surface area contributed by atoms with Crippen molar-refractivity contribution in [3.63, 3.8) is 0 Å². The number of likely N-dealkylation sites (tertiary alicyclic amines) is 1. The first-order chi connectivity index (χ1) is 9.49. The van der Waals surface area contributed by atoms with Gasteiger partial charge in [-0.15, -0.1) is 11.6 Å².